The topological polar surface area (TPSA) is 53.1 Å². The Morgan fingerprint density at radius 2 is 2.11 bits per heavy atom. The highest BCUT2D eigenvalue weighted by Crippen LogP contribution is 2.22. The molecule has 0 bridgehead atoms. The van der Waals surface area contributed by atoms with Crippen LogP contribution in [0.2, 0.25) is 0 Å². The quantitative estimate of drug-likeness (QED) is 0.849. The maximum atomic E-state index is 13.5. The summed E-state index contributed by atoms with van der Waals surface area (Å²) in [6.07, 6.45) is 0. The van der Waals surface area contributed by atoms with Crippen LogP contribution in [-0.4, -0.2) is 22.8 Å². The second kappa shape index (κ2) is 5.52. The number of aromatic nitrogens is 2. The lowest BCUT2D eigenvalue weighted by molar-refractivity contribution is 0.104. The Balaban J connectivity index is 2.20. The molecule has 0 aliphatic rings. The fourth-order valence-corrected chi connectivity index (χ4v) is 1.88. The van der Waals surface area contributed by atoms with E-state index in [1.54, 1.807) is 4.57 Å². The van der Waals surface area contributed by atoms with Crippen LogP contribution in [0.4, 0.5) is 14.7 Å². The van der Waals surface area contributed by atoms with Gasteiger partial charge in [-0.3, -0.25) is 0 Å². The van der Waals surface area contributed by atoms with Gasteiger partial charge >= 0.3 is 0 Å². The molecule has 1 heterocycles. The second-order valence-electron chi connectivity index (χ2n) is 4.85. The molecule has 0 unspecified atom stereocenters. The number of nitrogen functional groups attached to an aromatic ring is 1. The number of hydrogen-bond acceptors (Lipinski definition) is 3. The molecule has 0 aliphatic heterocycles. The zero-order chi connectivity index (χ0) is 14.0. The van der Waals surface area contributed by atoms with E-state index >= 15 is 0 Å². The Morgan fingerprint density at radius 1 is 1.37 bits per heavy atom. The summed E-state index contributed by atoms with van der Waals surface area (Å²) in [5.41, 5.74) is 6.16. The maximum absolute atomic E-state index is 13.5. The van der Waals surface area contributed by atoms with Crippen LogP contribution in [0.25, 0.3) is 11.0 Å². The van der Waals surface area contributed by atoms with E-state index < -0.39 is 11.6 Å². The van der Waals surface area contributed by atoms with Crippen molar-refractivity contribution >= 4 is 17.0 Å². The third kappa shape index (κ3) is 3.01. The average Bonchev–Trinajstić information content (AvgIpc) is 2.62. The van der Waals surface area contributed by atoms with Crippen LogP contribution < -0.4 is 5.73 Å². The zero-order valence-corrected chi connectivity index (χ0v) is 11.0. The predicted molar refractivity (Wildman–Crippen MR) is 69.7 cm³/mol. The van der Waals surface area contributed by atoms with E-state index in [9.17, 15) is 8.78 Å². The van der Waals surface area contributed by atoms with Gasteiger partial charge in [0, 0.05) is 25.3 Å². The van der Waals surface area contributed by atoms with Crippen molar-refractivity contribution in [2.45, 2.75) is 20.4 Å². The molecule has 6 heteroatoms. The Labute approximate surface area is 110 Å². The smallest absolute Gasteiger partial charge is 0.201 e. The lowest BCUT2D eigenvalue weighted by Crippen LogP contribution is -2.11. The van der Waals surface area contributed by atoms with E-state index in [0.717, 1.165) is 6.07 Å². The number of anilines is 1. The highest BCUT2D eigenvalue weighted by molar-refractivity contribution is 5.79. The lowest BCUT2D eigenvalue weighted by Gasteiger charge is -2.09. The third-order valence-electron chi connectivity index (χ3n) is 2.71. The molecule has 4 nitrogen and oxygen atoms in total. The van der Waals surface area contributed by atoms with Crippen molar-refractivity contribution in [3.63, 3.8) is 0 Å². The second-order valence-corrected chi connectivity index (χ2v) is 4.85. The molecular formula is C13H17F2N3O. The van der Waals surface area contributed by atoms with Crippen molar-refractivity contribution in [3.05, 3.63) is 23.8 Å². The highest BCUT2D eigenvalue weighted by atomic mass is 19.1. The molecule has 1 aromatic carbocycles. The van der Waals surface area contributed by atoms with Crippen molar-refractivity contribution in [1.29, 1.82) is 0 Å². The summed E-state index contributed by atoms with van der Waals surface area (Å²) in [5, 5.41) is 0. The van der Waals surface area contributed by atoms with Gasteiger partial charge in [-0.15, -0.1) is 0 Å². The minimum absolute atomic E-state index is 0.0859. The van der Waals surface area contributed by atoms with Crippen molar-refractivity contribution in [1.82, 2.24) is 9.55 Å². The van der Waals surface area contributed by atoms with Crippen molar-refractivity contribution in [2.24, 2.45) is 5.92 Å². The van der Waals surface area contributed by atoms with Gasteiger partial charge in [0.2, 0.25) is 5.95 Å². The van der Waals surface area contributed by atoms with Crippen LogP contribution in [0.15, 0.2) is 12.1 Å². The third-order valence-corrected chi connectivity index (χ3v) is 2.71. The number of rotatable bonds is 5. The van der Waals surface area contributed by atoms with Crippen molar-refractivity contribution < 1.29 is 13.5 Å². The maximum Gasteiger partial charge on any atom is 0.201 e. The summed E-state index contributed by atoms with van der Waals surface area (Å²) in [4.78, 5) is 3.91. The first-order valence-corrected chi connectivity index (χ1v) is 6.17. The number of nitrogens with zero attached hydrogens (tertiary/aromatic N) is 2. The number of fused-ring (bicyclic) bond motifs is 1. The summed E-state index contributed by atoms with van der Waals surface area (Å²) in [6, 6.07) is 2.03. The molecule has 0 aliphatic carbocycles. The molecule has 0 spiro atoms. The first-order valence-electron chi connectivity index (χ1n) is 6.17. The monoisotopic (exact) mass is 269 g/mol. The number of ether oxygens (including phenoxy) is 1. The van der Waals surface area contributed by atoms with Gasteiger partial charge in [-0.2, -0.15) is 0 Å². The van der Waals surface area contributed by atoms with Crippen LogP contribution in [0.5, 0.6) is 0 Å². The van der Waals surface area contributed by atoms with Crippen LogP contribution in [-0.2, 0) is 11.3 Å². The molecule has 2 rings (SSSR count). The molecule has 0 saturated carbocycles. The number of nitrogens with two attached hydrogens (primary N) is 1. The van der Waals surface area contributed by atoms with Gasteiger partial charge < -0.3 is 15.0 Å². The predicted octanol–water partition coefficient (Wildman–Crippen LogP) is 2.57. The standard InChI is InChI=1S/C13H17F2N3O/c1-8(2)7-19-4-3-18-11-6-9(14)5-10(15)12(11)17-13(18)16/h5-6,8H,3-4,7H2,1-2H3,(H2,16,17). The number of hydrogen-bond donors (Lipinski definition) is 1. The van der Waals surface area contributed by atoms with Gasteiger partial charge in [0.15, 0.2) is 5.82 Å². The van der Waals surface area contributed by atoms with Crippen LogP contribution in [0.1, 0.15) is 13.8 Å². The van der Waals surface area contributed by atoms with E-state index in [2.05, 4.69) is 4.98 Å². The van der Waals surface area contributed by atoms with E-state index in [4.69, 9.17) is 10.5 Å². The molecule has 1 aromatic heterocycles. The summed E-state index contributed by atoms with van der Waals surface area (Å²) in [5.74, 6) is -0.753. The molecule has 2 N–H and O–H groups in total. The van der Waals surface area contributed by atoms with E-state index in [0.29, 0.717) is 31.2 Å². The Bertz CT molecular complexity index is 581. The molecule has 0 atom stereocenters. The minimum atomic E-state index is -0.705. The van der Waals surface area contributed by atoms with Gasteiger partial charge in [0.1, 0.15) is 11.3 Å². The normalized spacial score (nSPS) is 11.6. The molecule has 0 amide bonds. The van der Waals surface area contributed by atoms with Gasteiger partial charge in [-0.05, 0) is 5.92 Å². The van der Waals surface area contributed by atoms with Crippen LogP contribution >= 0.6 is 0 Å². The average molecular weight is 269 g/mol. The fourth-order valence-electron chi connectivity index (χ4n) is 1.88. The van der Waals surface area contributed by atoms with Crippen molar-refractivity contribution in [3.8, 4) is 0 Å². The minimum Gasteiger partial charge on any atom is -0.379 e. The molecule has 0 fully saturated rings. The van der Waals surface area contributed by atoms with Gasteiger partial charge in [0.25, 0.3) is 0 Å². The summed E-state index contributed by atoms with van der Waals surface area (Å²) >= 11 is 0. The van der Waals surface area contributed by atoms with Crippen LogP contribution in [0.3, 0.4) is 0 Å². The van der Waals surface area contributed by atoms with Gasteiger partial charge in [-0.25, -0.2) is 13.8 Å². The zero-order valence-electron chi connectivity index (χ0n) is 11.0. The summed E-state index contributed by atoms with van der Waals surface area (Å²) in [7, 11) is 0. The fraction of sp³-hybridized carbons (Fsp3) is 0.462. The molecule has 19 heavy (non-hydrogen) atoms. The molecule has 0 radical (unpaired) electrons. The Morgan fingerprint density at radius 3 is 2.79 bits per heavy atom. The first kappa shape index (κ1) is 13.7. The molecular weight excluding hydrogens is 252 g/mol. The largest absolute Gasteiger partial charge is 0.379 e. The van der Waals surface area contributed by atoms with Gasteiger partial charge in [0.05, 0.1) is 12.1 Å². The van der Waals surface area contributed by atoms with Crippen LogP contribution in [0, 0.1) is 17.6 Å². The molecule has 0 saturated heterocycles. The Hall–Kier alpha value is -1.69. The molecule has 104 valence electrons. The SMILES string of the molecule is CC(C)COCCn1c(N)nc2c(F)cc(F)cc21. The van der Waals surface area contributed by atoms with E-state index in [1.807, 2.05) is 13.8 Å². The lowest BCUT2D eigenvalue weighted by atomic mass is 10.2. The number of halogens is 2. The Kier molecular flexibility index (Phi) is 3.99. The first-order chi connectivity index (χ1) is 8.99. The molecule has 2 aromatic rings. The number of benzene rings is 1. The summed E-state index contributed by atoms with van der Waals surface area (Å²) < 4.78 is 33.8. The van der Waals surface area contributed by atoms with E-state index in [1.165, 1.54) is 6.07 Å². The van der Waals surface area contributed by atoms with Crippen molar-refractivity contribution in [2.75, 3.05) is 18.9 Å². The summed E-state index contributed by atoms with van der Waals surface area (Å²) in [6.45, 7) is 5.57. The van der Waals surface area contributed by atoms with Gasteiger partial charge in [-0.1, -0.05) is 13.8 Å². The number of imidazole rings is 1. The van der Waals surface area contributed by atoms with E-state index in [-0.39, 0.29) is 11.5 Å². The highest BCUT2D eigenvalue weighted by Gasteiger charge is 2.13.